The molecule has 0 aromatic carbocycles. The molecule has 1 rings (SSSR count). The molecular weight excluding hydrogens is 192 g/mol. The summed E-state index contributed by atoms with van der Waals surface area (Å²) in [6, 6.07) is 0. The Kier molecular flexibility index (Phi) is 3.44. The fourth-order valence-electron chi connectivity index (χ4n) is 1.81. The SMILES string of the molecule is CC(C)(C)[SiH2]OC(C)(C)[C@@H]1C[C@H]1CO. The van der Waals surface area contributed by atoms with Gasteiger partial charge in [0.05, 0.1) is 5.60 Å². The quantitative estimate of drug-likeness (QED) is 0.725. The summed E-state index contributed by atoms with van der Waals surface area (Å²) in [6.07, 6.45) is 1.14. The smallest absolute Gasteiger partial charge is 0.167 e. The second-order valence-corrected chi connectivity index (χ2v) is 8.94. The first-order valence-corrected chi connectivity index (χ1v) is 6.79. The van der Waals surface area contributed by atoms with Gasteiger partial charge in [-0.15, -0.1) is 0 Å². The van der Waals surface area contributed by atoms with Gasteiger partial charge in [-0.05, 0) is 37.1 Å². The lowest BCUT2D eigenvalue weighted by molar-refractivity contribution is 0.0739. The minimum absolute atomic E-state index is 0.00704. The molecule has 0 aliphatic heterocycles. The maximum atomic E-state index is 9.02. The Balaban J connectivity index is 2.36. The van der Waals surface area contributed by atoms with Gasteiger partial charge >= 0.3 is 0 Å². The Morgan fingerprint density at radius 2 is 1.86 bits per heavy atom. The molecule has 1 aliphatic rings. The minimum Gasteiger partial charge on any atom is -0.418 e. The molecule has 14 heavy (non-hydrogen) atoms. The Hall–Kier alpha value is 0.137. The third-order valence-corrected chi connectivity index (χ3v) is 4.68. The molecule has 1 fully saturated rings. The summed E-state index contributed by atoms with van der Waals surface area (Å²) in [4.78, 5) is 0. The molecule has 0 aromatic heterocycles. The summed E-state index contributed by atoms with van der Waals surface area (Å²) < 4.78 is 6.08. The molecule has 1 saturated carbocycles. The number of hydrogen-bond acceptors (Lipinski definition) is 2. The van der Waals surface area contributed by atoms with Crippen molar-refractivity contribution in [2.75, 3.05) is 6.61 Å². The molecule has 1 aliphatic carbocycles. The highest BCUT2D eigenvalue weighted by Gasteiger charge is 2.47. The van der Waals surface area contributed by atoms with Gasteiger partial charge in [-0.1, -0.05) is 20.8 Å². The zero-order valence-electron chi connectivity index (χ0n) is 10.1. The highest BCUT2D eigenvalue weighted by atomic mass is 28.2. The van der Waals surface area contributed by atoms with Crippen molar-refractivity contribution in [3.05, 3.63) is 0 Å². The fourth-order valence-corrected chi connectivity index (χ4v) is 2.83. The van der Waals surface area contributed by atoms with Gasteiger partial charge in [0.1, 0.15) is 0 Å². The van der Waals surface area contributed by atoms with Crippen LogP contribution in [0.3, 0.4) is 0 Å². The summed E-state index contributed by atoms with van der Waals surface area (Å²) in [7, 11) is -0.469. The first-order chi connectivity index (χ1) is 6.26. The van der Waals surface area contributed by atoms with E-state index in [1.807, 2.05) is 0 Å². The predicted molar refractivity (Wildman–Crippen MR) is 62.1 cm³/mol. The van der Waals surface area contributed by atoms with E-state index in [1.54, 1.807) is 0 Å². The normalized spacial score (nSPS) is 28.7. The summed E-state index contributed by atoms with van der Waals surface area (Å²) in [6.45, 7) is 11.4. The Labute approximate surface area is 90.0 Å². The highest BCUT2D eigenvalue weighted by Crippen LogP contribution is 2.47. The molecule has 2 nitrogen and oxygen atoms in total. The van der Waals surface area contributed by atoms with Crippen LogP contribution >= 0.6 is 0 Å². The molecule has 84 valence electrons. The molecule has 1 N–H and O–H groups in total. The van der Waals surface area contributed by atoms with Gasteiger partial charge in [0.15, 0.2) is 9.76 Å². The third-order valence-electron chi connectivity index (χ3n) is 2.93. The second-order valence-electron chi connectivity index (χ2n) is 6.24. The van der Waals surface area contributed by atoms with Crippen molar-refractivity contribution in [2.45, 2.75) is 51.7 Å². The summed E-state index contributed by atoms with van der Waals surface area (Å²) in [5, 5.41) is 9.39. The summed E-state index contributed by atoms with van der Waals surface area (Å²) >= 11 is 0. The van der Waals surface area contributed by atoms with E-state index in [2.05, 4.69) is 34.6 Å². The molecule has 2 atom stereocenters. The molecule has 0 unspecified atom stereocenters. The molecule has 0 aromatic rings. The maximum absolute atomic E-state index is 9.02. The fraction of sp³-hybridized carbons (Fsp3) is 1.00. The van der Waals surface area contributed by atoms with Crippen molar-refractivity contribution >= 4 is 9.76 Å². The topological polar surface area (TPSA) is 29.5 Å². The van der Waals surface area contributed by atoms with Crippen LogP contribution in [0, 0.1) is 11.8 Å². The maximum Gasteiger partial charge on any atom is 0.167 e. The van der Waals surface area contributed by atoms with Crippen LogP contribution in [0.1, 0.15) is 41.0 Å². The molecule has 0 saturated heterocycles. The van der Waals surface area contributed by atoms with E-state index in [0.717, 1.165) is 6.42 Å². The molecule has 0 bridgehead atoms. The van der Waals surface area contributed by atoms with E-state index in [-0.39, 0.29) is 5.60 Å². The van der Waals surface area contributed by atoms with Gasteiger partial charge < -0.3 is 9.53 Å². The predicted octanol–water partition coefficient (Wildman–Crippen LogP) is 1.71. The first kappa shape index (κ1) is 12.2. The average Bonchev–Trinajstić information content (AvgIpc) is 2.78. The lowest BCUT2D eigenvalue weighted by Gasteiger charge is -2.30. The second kappa shape index (κ2) is 3.95. The zero-order chi connectivity index (χ0) is 11.0. The van der Waals surface area contributed by atoms with Crippen LogP contribution in [-0.2, 0) is 4.43 Å². The Morgan fingerprint density at radius 3 is 2.21 bits per heavy atom. The van der Waals surface area contributed by atoms with Gasteiger partial charge in [0.2, 0.25) is 0 Å². The van der Waals surface area contributed by atoms with E-state index < -0.39 is 9.76 Å². The van der Waals surface area contributed by atoms with Crippen molar-refractivity contribution in [1.29, 1.82) is 0 Å². The van der Waals surface area contributed by atoms with E-state index in [4.69, 9.17) is 9.53 Å². The number of rotatable bonds is 4. The van der Waals surface area contributed by atoms with Crippen LogP contribution in [-0.4, -0.2) is 27.1 Å². The monoisotopic (exact) mass is 216 g/mol. The van der Waals surface area contributed by atoms with Crippen molar-refractivity contribution in [3.63, 3.8) is 0 Å². The van der Waals surface area contributed by atoms with Crippen LogP contribution in [0.25, 0.3) is 0 Å². The van der Waals surface area contributed by atoms with Crippen molar-refractivity contribution in [2.24, 2.45) is 11.8 Å². The highest BCUT2D eigenvalue weighted by molar-refractivity contribution is 6.31. The molecule has 0 radical (unpaired) electrons. The summed E-state index contributed by atoms with van der Waals surface area (Å²) in [5.74, 6) is 1.08. The van der Waals surface area contributed by atoms with Gasteiger partial charge in [-0.25, -0.2) is 0 Å². The number of aliphatic hydroxyl groups is 1. The van der Waals surface area contributed by atoms with Crippen molar-refractivity contribution in [3.8, 4) is 0 Å². The van der Waals surface area contributed by atoms with E-state index in [9.17, 15) is 0 Å². The molecule has 0 spiro atoms. The van der Waals surface area contributed by atoms with E-state index >= 15 is 0 Å². The van der Waals surface area contributed by atoms with Crippen LogP contribution in [0.4, 0.5) is 0 Å². The van der Waals surface area contributed by atoms with Crippen molar-refractivity contribution in [1.82, 2.24) is 0 Å². The molecule has 0 amide bonds. The Morgan fingerprint density at radius 1 is 1.29 bits per heavy atom. The lowest BCUT2D eigenvalue weighted by atomic mass is 10.0. The van der Waals surface area contributed by atoms with Gasteiger partial charge in [0.25, 0.3) is 0 Å². The standard InChI is InChI=1S/C11H24O2Si/c1-10(2,3)14-13-11(4,5)9-6-8(9)7-12/h8-9,12H,6-7,14H2,1-5H3/t8-,9+/m0/s1. The van der Waals surface area contributed by atoms with Gasteiger partial charge in [-0.2, -0.15) is 0 Å². The zero-order valence-corrected chi connectivity index (χ0v) is 11.5. The van der Waals surface area contributed by atoms with Gasteiger partial charge in [-0.3, -0.25) is 0 Å². The third kappa shape index (κ3) is 3.37. The van der Waals surface area contributed by atoms with Crippen LogP contribution in [0.5, 0.6) is 0 Å². The van der Waals surface area contributed by atoms with E-state index in [0.29, 0.717) is 23.5 Å². The Bertz CT molecular complexity index is 196. The number of hydrogen-bond donors (Lipinski definition) is 1. The van der Waals surface area contributed by atoms with Crippen LogP contribution < -0.4 is 0 Å². The molecule has 3 heteroatoms. The van der Waals surface area contributed by atoms with E-state index in [1.165, 1.54) is 0 Å². The van der Waals surface area contributed by atoms with Gasteiger partial charge in [0, 0.05) is 6.61 Å². The lowest BCUT2D eigenvalue weighted by Crippen LogP contribution is -2.32. The first-order valence-electron chi connectivity index (χ1n) is 5.51. The molecular formula is C11H24O2Si. The average molecular weight is 216 g/mol. The van der Waals surface area contributed by atoms with Crippen LogP contribution in [0.2, 0.25) is 5.04 Å². The molecule has 0 heterocycles. The largest absolute Gasteiger partial charge is 0.418 e. The van der Waals surface area contributed by atoms with Crippen LogP contribution in [0.15, 0.2) is 0 Å². The van der Waals surface area contributed by atoms with Crippen molar-refractivity contribution < 1.29 is 9.53 Å². The number of aliphatic hydroxyl groups excluding tert-OH is 1. The summed E-state index contributed by atoms with van der Waals surface area (Å²) in [5.41, 5.74) is -0.00704. The minimum atomic E-state index is -0.469.